The molecular weight excluding hydrogens is 716 g/mol. The number of nitrogens with two attached hydrogens (primary N) is 1. The van der Waals surface area contributed by atoms with Gasteiger partial charge in [-0.3, -0.25) is 9.83 Å². The van der Waals surface area contributed by atoms with Gasteiger partial charge in [-0.25, -0.2) is 30.4 Å². The first-order valence-corrected chi connectivity index (χ1v) is 18.6. The highest BCUT2D eigenvalue weighted by atomic mass is 16.8. The largest absolute Gasteiger partial charge is 0.485 e. The van der Waals surface area contributed by atoms with Gasteiger partial charge in [-0.2, -0.15) is 0 Å². The number of ether oxygens (including phenoxy) is 7. The van der Waals surface area contributed by atoms with Gasteiger partial charge in [0.25, 0.3) is 12.3 Å². The van der Waals surface area contributed by atoms with Gasteiger partial charge >= 0.3 is 12.2 Å². The predicted octanol–water partition coefficient (Wildman–Crippen LogP) is 4.82. The summed E-state index contributed by atoms with van der Waals surface area (Å²) in [5.74, 6) is 7.22. The van der Waals surface area contributed by atoms with Crippen molar-refractivity contribution in [3.05, 3.63) is 31.1 Å². The van der Waals surface area contributed by atoms with Crippen molar-refractivity contribution in [1.29, 1.82) is 0 Å². The smallest absolute Gasteiger partial charge is 0.410 e. The van der Waals surface area contributed by atoms with Gasteiger partial charge in [0.1, 0.15) is 29.7 Å². The lowest BCUT2D eigenvalue weighted by Gasteiger charge is -2.26. The summed E-state index contributed by atoms with van der Waals surface area (Å²) in [6, 6.07) is 0.132. The van der Waals surface area contributed by atoms with Gasteiger partial charge in [0.15, 0.2) is 11.5 Å². The van der Waals surface area contributed by atoms with E-state index in [1.807, 2.05) is 76.2 Å². The summed E-state index contributed by atoms with van der Waals surface area (Å²) in [6.45, 7) is 23.2. The number of rotatable bonds is 11. The highest BCUT2D eigenvalue weighted by Gasteiger charge is 2.37. The number of carbonyl (C=O) groups is 2. The van der Waals surface area contributed by atoms with Crippen LogP contribution >= 0.6 is 0 Å². The van der Waals surface area contributed by atoms with Gasteiger partial charge in [0.05, 0.1) is 37.9 Å². The fourth-order valence-electron chi connectivity index (χ4n) is 5.45. The maximum atomic E-state index is 12.2. The number of amides is 2. The van der Waals surface area contributed by atoms with E-state index in [0.29, 0.717) is 56.1 Å². The maximum Gasteiger partial charge on any atom is 0.410 e. The van der Waals surface area contributed by atoms with E-state index in [1.165, 1.54) is 0 Å². The third kappa shape index (κ3) is 15.2. The van der Waals surface area contributed by atoms with Gasteiger partial charge in [0.2, 0.25) is 5.95 Å². The van der Waals surface area contributed by atoms with Crippen molar-refractivity contribution in [3.63, 3.8) is 0 Å². The zero-order valence-electron chi connectivity index (χ0n) is 34.1. The van der Waals surface area contributed by atoms with Crippen molar-refractivity contribution in [3.8, 4) is 11.5 Å². The number of aromatic nitrogens is 6. The lowest BCUT2D eigenvalue weighted by Crippen LogP contribution is -2.39. The Bertz CT molecular complexity index is 1580. The standard InChI is InChI=1S/C15H21N5O3.C14H23N5O3.C7H16O3/c1-10-5-11(8-20(10)14(21)23-15(2,3)4)22-12-6-16-13-18-17-9-19(13)7-12;1-9-5-10(8-19(9)13(20)22-14(2,3)4)21-11-6-16-12(18-15)17-7-11;1-4-8-7(9-5-2)10-6-3/h6-7,9-11H,5,8H2,1-4H3;6-7,9-10H,5,8,15H2,1-4H3,(H,16,17,18);7H,4-6H2,1-3H3/t10-,11+;9-,10+;/m00./s1. The third-order valence-electron chi connectivity index (χ3n) is 7.73. The molecule has 0 aliphatic carbocycles. The SMILES string of the molecule is CCOC(OCC)OCC.C[C@H]1C[C@@H](Oc2cnc(NN)nc2)CN1C(=O)OC(C)(C)C.C[C@H]1C[C@@H](Oc2cnc3nncn3c2)CN1C(=O)OC(C)(C)C. The van der Waals surface area contributed by atoms with Gasteiger partial charge in [0, 0.05) is 44.7 Å². The molecule has 19 nitrogen and oxygen atoms in total. The maximum absolute atomic E-state index is 12.2. The van der Waals surface area contributed by atoms with Crippen molar-refractivity contribution < 1.29 is 42.7 Å². The van der Waals surface area contributed by atoms with Crippen molar-refractivity contribution in [2.24, 2.45) is 5.84 Å². The van der Waals surface area contributed by atoms with Crippen LogP contribution in [-0.2, 0) is 23.7 Å². The molecule has 19 heteroatoms. The van der Waals surface area contributed by atoms with Crippen LogP contribution in [0.1, 0.15) is 89.0 Å². The molecule has 0 radical (unpaired) electrons. The minimum Gasteiger partial charge on any atom is -0.485 e. The van der Waals surface area contributed by atoms with Crippen LogP contribution in [0, 0.1) is 0 Å². The molecule has 2 saturated heterocycles. The minimum absolute atomic E-state index is 0.0609. The molecule has 2 amide bonds. The van der Waals surface area contributed by atoms with Gasteiger partial charge in [-0.1, -0.05) is 0 Å². The summed E-state index contributed by atoms with van der Waals surface area (Å²) < 4.78 is 39.5. The normalized spacial score (nSPS) is 19.7. The summed E-state index contributed by atoms with van der Waals surface area (Å²) in [5, 5.41) is 7.63. The van der Waals surface area contributed by atoms with Gasteiger partial charge < -0.3 is 43.0 Å². The zero-order valence-corrected chi connectivity index (χ0v) is 34.1. The first-order valence-electron chi connectivity index (χ1n) is 18.6. The Morgan fingerprint density at radius 1 is 0.782 bits per heavy atom. The molecule has 3 N–H and O–H groups in total. The van der Waals surface area contributed by atoms with Crippen LogP contribution in [-0.4, -0.2) is 126 Å². The van der Waals surface area contributed by atoms with Crippen molar-refractivity contribution in [2.75, 3.05) is 38.3 Å². The molecule has 3 aromatic rings. The topological polar surface area (TPSA) is 212 Å². The van der Waals surface area contributed by atoms with E-state index >= 15 is 0 Å². The van der Waals surface area contributed by atoms with Crippen LogP contribution in [0.15, 0.2) is 31.1 Å². The number of nitrogen functional groups attached to an aromatic ring is 1. The lowest BCUT2D eigenvalue weighted by atomic mass is 10.2. The Morgan fingerprint density at radius 2 is 1.24 bits per heavy atom. The number of hydrazine groups is 1. The Kier molecular flexibility index (Phi) is 17.0. The third-order valence-corrected chi connectivity index (χ3v) is 7.73. The van der Waals surface area contributed by atoms with Crippen LogP contribution in [0.2, 0.25) is 0 Å². The molecule has 5 heterocycles. The molecule has 0 unspecified atom stereocenters. The van der Waals surface area contributed by atoms with Crippen LogP contribution in [0.5, 0.6) is 11.5 Å². The molecule has 0 bridgehead atoms. The number of nitrogens with zero attached hydrogens (tertiary/aromatic N) is 8. The zero-order chi connectivity index (χ0) is 40.8. The number of carbonyl (C=O) groups excluding carboxylic acids is 2. The van der Waals surface area contributed by atoms with E-state index in [4.69, 9.17) is 39.0 Å². The van der Waals surface area contributed by atoms with Crippen LogP contribution < -0.4 is 20.7 Å². The fraction of sp³-hybridized carbons (Fsp3) is 0.694. The Morgan fingerprint density at radius 3 is 1.67 bits per heavy atom. The minimum atomic E-state index is -0.505. The molecular formula is C36H60N10O9. The lowest BCUT2D eigenvalue weighted by molar-refractivity contribution is -0.282. The average molecular weight is 777 g/mol. The molecule has 0 spiro atoms. The Hall–Kier alpha value is -4.59. The molecule has 4 atom stereocenters. The van der Waals surface area contributed by atoms with Crippen LogP contribution in [0.3, 0.4) is 0 Å². The number of fused-ring (bicyclic) bond motifs is 1. The number of nitrogens with one attached hydrogen (secondary N) is 1. The monoisotopic (exact) mass is 776 g/mol. The Labute approximate surface area is 323 Å². The van der Waals surface area contributed by atoms with E-state index in [1.54, 1.807) is 45.3 Å². The van der Waals surface area contributed by atoms with E-state index < -0.39 is 17.7 Å². The van der Waals surface area contributed by atoms with Gasteiger partial charge in [-0.05, 0) is 76.2 Å². The number of hydrogen-bond donors (Lipinski definition) is 2. The second-order valence-electron chi connectivity index (χ2n) is 14.8. The second kappa shape index (κ2) is 20.9. The molecule has 2 aliphatic heterocycles. The highest BCUT2D eigenvalue weighted by Crippen LogP contribution is 2.26. The Balaban J connectivity index is 0.000000239. The second-order valence-corrected chi connectivity index (χ2v) is 14.8. The van der Waals surface area contributed by atoms with E-state index in [9.17, 15) is 9.59 Å². The predicted molar refractivity (Wildman–Crippen MR) is 202 cm³/mol. The average Bonchev–Trinajstić information content (AvgIpc) is 3.82. The van der Waals surface area contributed by atoms with Crippen LogP contribution in [0.25, 0.3) is 5.78 Å². The first kappa shape index (κ1) is 44.8. The molecule has 308 valence electrons. The molecule has 5 rings (SSSR count). The molecule has 55 heavy (non-hydrogen) atoms. The summed E-state index contributed by atoms with van der Waals surface area (Å²) >= 11 is 0. The summed E-state index contributed by atoms with van der Waals surface area (Å²) in [6.07, 6.45) is 8.72. The van der Waals surface area contributed by atoms with E-state index in [2.05, 4.69) is 30.6 Å². The fourth-order valence-corrected chi connectivity index (χ4v) is 5.45. The summed E-state index contributed by atoms with van der Waals surface area (Å²) in [5.41, 5.74) is 1.35. The summed E-state index contributed by atoms with van der Waals surface area (Å²) in [7, 11) is 0. The highest BCUT2D eigenvalue weighted by molar-refractivity contribution is 5.69. The molecule has 0 aromatic carbocycles. The molecule has 2 fully saturated rings. The van der Waals surface area contributed by atoms with E-state index in [-0.39, 0.29) is 36.5 Å². The first-order chi connectivity index (χ1) is 25.9. The van der Waals surface area contributed by atoms with Crippen LogP contribution in [0.4, 0.5) is 15.5 Å². The molecule has 2 aliphatic rings. The molecule has 0 saturated carbocycles. The number of likely N-dealkylation sites (tertiary alicyclic amines) is 2. The van der Waals surface area contributed by atoms with Crippen molar-refractivity contribution >= 4 is 23.9 Å². The summed E-state index contributed by atoms with van der Waals surface area (Å²) in [4.78, 5) is 39.9. The number of hydrogen-bond acceptors (Lipinski definition) is 16. The van der Waals surface area contributed by atoms with Gasteiger partial charge in [-0.15, -0.1) is 10.2 Å². The number of anilines is 1. The van der Waals surface area contributed by atoms with Crippen molar-refractivity contribution in [2.45, 2.75) is 131 Å². The van der Waals surface area contributed by atoms with Crippen molar-refractivity contribution in [1.82, 2.24) is 39.3 Å². The van der Waals surface area contributed by atoms with E-state index in [0.717, 1.165) is 12.8 Å². The molecule has 3 aromatic heterocycles. The quantitative estimate of drug-likeness (QED) is 0.152.